The Labute approximate surface area is 105 Å². The van der Waals surface area contributed by atoms with Gasteiger partial charge in [-0.15, -0.1) is 0 Å². The highest BCUT2D eigenvalue weighted by Crippen LogP contribution is 2.19. The third-order valence-electron chi connectivity index (χ3n) is 3.49. The SMILES string of the molecule is CCc1cccc(N2CCCNCC(C)C2)c1. The zero-order valence-electron chi connectivity index (χ0n) is 11.1. The molecular formula is C15H24N2. The second-order valence-electron chi connectivity index (χ2n) is 5.13. The summed E-state index contributed by atoms with van der Waals surface area (Å²) in [6, 6.07) is 9.01. The molecule has 1 fully saturated rings. The molecule has 0 amide bonds. The second kappa shape index (κ2) is 6.06. The van der Waals surface area contributed by atoms with Crippen molar-refractivity contribution in [3.05, 3.63) is 29.8 Å². The first-order valence-corrected chi connectivity index (χ1v) is 6.84. The van der Waals surface area contributed by atoms with Crippen LogP contribution >= 0.6 is 0 Å². The standard InChI is InChI=1S/C15H24N2/c1-3-14-6-4-7-15(10-14)17-9-5-8-16-11-13(2)12-17/h4,6-7,10,13,16H,3,5,8-9,11-12H2,1-2H3. The normalized spacial score (nSPS) is 22.0. The van der Waals surface area contributed by atoms with Gasteiger partial charge in [-0.3, -0.25) is 0 Å². The van der Waals surface area contributed by atoms with Crippen LogP contribution in [0.15, 0.2) is 24.3 Å². The third-order valence-corrected chi connectivity index (χ3v) is 3.49. The molecule has 1 aliphatic heterocycles. The van der Waals surface area contributed by atoms with Crippen LogP contribution in [0.2, 0.25) is 0 Å². The van der Waals surface area contributed by atoms with Gasteiger partial charge in [0.05, 0.1) is 0 Å². The second-order valence-corrected chi connectivity index (χ2v) is 5.13. The summed E-state index contributed by atoms with van der Waals surface area (Å²) in [4.78, 5) is 2.55. The summed E-state index contributed by atoms with van der Waals surface area (Å²) in [6.07, 6.45) is 2.36. The highest BCUT2D eigenvalue weighted by molar-refractivity contribution is 5.48. The molecule has 1 aromatic carbocycles. The fourth-order valence-electron chi connectivity index (χ4n) is 2.48. The van der Waals surface area contributed by atoms with Crippen molar-refractivity contribution in [1.82, 2.24) is 5.32 Å². The Morgan fingerprint density at radius 1 is 1.41 bits per heavy atom. The molecule has 0 radical (unpaired) electrons. The van der Waals surface area contributed by atoms with Crippen LogP contribution in [0.4, 0.5) is 5.69 Å². The van der Waals surface area contributed by atoms with Gasteiger partial charge in [0.15, 0.2) is 0 Å². The molecule has 1 heterocycles. The van der Waals surface area contributed by atoms with Crippen molar-refractivity contribution in [2.45, 2.75) is 26.7 Å². The maximum Gasteiger partial charge on any atom is 0.0369 e. The number of hydrogen-bond donors (Lipinski definition) is 1. The maximum atomic E-state index is 3.50. The summed E-state index contributed by atoms with van der Waals surface area (Å²) < 4.78 is 0. The van der Waals surface area contributed by atoms with Crippen molar-refractivity contribution >= 4 is 5.69 Å². The number of anilines is 1. The van der Waals surface area contributed by atoms with E-state index in [2.05, 4.69) is 48.3 Å². The van der Waals surface area contributed by atoms with Crippen molar-refractivity contribution in [3.8, 4) is 0 Å². The quantitative estimate of drug-likeness (QED) is 0.843. The number of nitrogens with zero attached hydrogens (tertiary/aromatic N) is 1. The van der Waals surface area contributed by atoms with E-state index < -0.39 is 0 Å². The van der Waals surface area contributed by atoms with E-state index in [4.69, 9.17) is 0 Å². The number of rotatable bonds is 2. The summed E-state index contributed by atoms with van der Waals surface area (Å²) in [5.74, 6) is 0.723. The van der Waals surface area contributed by atoms with E-state index in [1.54, 1.807) is 0 Å². The number of benzene rings is 1. The van der Waals surface area contributed by atoms with Crippen molar-refractivity contribution < 1.29 is 0 Å². The van der Waals surface area contributed by atoms with Gasteiger partial charge in [-0.05, 0) is 49.5 Å². The van der Waals surface area contributed by atoms with Gasteiger partial charge in [0.2, 0.25) is 0 Å². The van der Waals surface area contributed by atoms with E-state index in [0.29, 0.717) is 0 Å². The molecule has 0 aliphatic carbocycles. The first-order valence-electron chi connectivity index (χ1n) is 6.84. The van der Waals surface area contributed by atoms with Crippen LogP contribution in [0.1, 0.15) is 25.8 Å². The van der Waals surface area contributed by atoms with Crippen molar-refractivity contribution in [3.63, 3.8) is 0 Å². The first kappa shape index (κ1) is 12.4. The molecule has 94 valence electrons. The summed E-state index contributed by atoms with van der Waals surface area (Å²) in [5, 5.41) is 3.50. The van der Waals surface area contributed by atoms with Crippen LogP contribution in [-0.2, 0) is 6.42 Å². The zero-order valence-corrected chi connectivity index (χ0v) is 11.1. The molecule has 17 heavy (non-hydrogen) atoms. The molecule has 2 heteroatoms. The Kier molecular flexibility index (Phi) is 4.43. The Morgan fingerprint density at radius 2 is 2.29 bits per heavy atom. The van der Waals surface area contributed by atoms with Gasteiger partial charge >= 0.3 is 0 Å². The third kappa shape index (κ3) is 3.47. The molecule has 1 aliphatic rings. The average molecular weight is 232 g/mol. The Morgan fingerprint density at radius 3 is 3.12 bits per heavy atom. The van der Waals surface area contributed by atoms with Crippen LogP contribution in [-0.4, -0.2) is 26.2 Å². The Balaban J connectivity index is 2.11. The van der Waals surface area contributed by atoms with Gasteiger partial charge in [0.1, 0.15) is 0 Å². The molecule has 1 aromatic rings. The molecule has 0 spiro atoms. The van der Waals surface area contributed by atoms with Gasteiger partial charge < -0.3 is 10.2 Å². The smallest absolute Gasteiger partial charge is 0.0369 e. The summed E-state index contributed by atoms with van der Waals surface area (Å²) >= 11 is 0. The number of nitrogens with one attached hydrogen (secondary N) is 1. The minimum atomic E-state index is 0.723. The van der Waals surface area contributed by atoms with Crippen molar-refractivity contribution in [2.75, 3.05) is 31.1 Å². The van der Waals surface area contributed by atoms with E-state index in [9.17, 15) is 0 Å². The van der Waals surface area contributed by atoms with E-state index in [1.807, 2.05) is 0 Å². The van der Waals surface area contributed by atoms with E-state index in [-0.39, 0.29) is 0 Å². The van der Waals surface area contributed by atoms with Crippen molar-refractivity contribution in [1.29, 1.82) is 0 Å². The molecule has 0 aromatic heterocycles. The molecule has 0 saturated carbocycles. The molecule has 1 N–H and O–H groups in total. The molecule has 2 rings (SSSR count). The van der Waals surface area contributed by atoms with Gasteiger partial charge in [-0.25, -0.2) is 0 Å². The maximum absolute atomic E-state index is 3.50. The van der Waals surface area contributed by atoms with Crippen LogP contribution in [0.25, 0.3) is 0 Å². The Hall–Kier alpha value is -1.02. The lowest BCUT2D eigenvalue weighted by molar-refractivity contribution is 0.468. The van der Waals surface area contributed by atoms with Gasteiger partial charge in [-0.1, -0.05) is 26.0 Å². The van der Waals surface area contributed by atoms with Crippen LogP contribution in [0, 0.1) is 5.92 Å². The average Bonchev–Trinajstić information content (AvgIpc) is 2.33. The van der Waals surface area contributed by atoms with Crippen LogP contribution in [0.5, 0.6) is 0 Å². The minimum absolute atomic E-state index is 0.723. The van der Waals surface area contributed by atoms with E-state index in [1.165, 1.54) is 30.8 Å². The fraction of sp³-hybridized carbons (Fsp3) is 0.600. The highest BCUT2D eigenvalue weighted by Gasteiger charge is 2.13. The lowest BCUT2D eigenvalue weighted by Gasteiger charge is -2.31. The topological polar surface area (TPSA) is 15.3 Å². The van der Waals surface area contributed by atoms with Crippen molar-refractivity contribution in [2.24, 2.45) is 5.92 Å². The Bertz CT molecular complexity index is 349. The summed E-state index contributed by atoms with van der Waals surface area (Å²) in [5.41, 5.74) is 2.84. The molecule has 1 saturated heterocycles. The van der Waals surface area contributed by atoms with Gasteiger partial charge in [0, 0.05) is 18.8 Å². The molecule has 1 atom stereocenters. The van der Waals surface area contributed by atoms with Crippen LogP contribution in [0.3, 0.4) is 0 Å². The monoisotopic (exact) mass is 232 g/mol. The number of hydrogen-bond acceptors (Lipinski definition) is 2. The van der Waals surface area contributed by atoms with E-state index >= 15 is 0 Å². The van der Waals surface area contributed by atoms with Gasteiger partial charge in [0.25, 0.3) is 0 Å². The highest BCUT2D eigenvalue weighted by atomic mass is 15.1. The zero-order chi connectivity index (χ0) is 12.1. The molecule has 2 nitrogen and oxygen atoms in total. The molecule has 0 bridgehead atoms. The lowest BCUT2D eigenvalue weighted by Crippen LogP contribution is -2.38. The molecular weight excluding hydrogens is 208 g/mol. The summed E-state index contributed by atoms with van der Waals surface area (Å²) in [7, 11) is 0. The first-order chi connectivity index (χ1) is 8.29. The van der Waals surface area contributed by atoms with Gasteiger partial charge in [-0.2, -0.15) is 0 Å². The minimum Gasteiger partial charge on any atom is -0.371 e. The predicted octanol–water partition coefficient (Wildman–Crippen LogP) is 2.68. The summed E-state index contributed by atoms with van der Waals surface area (Å²) in [6.45, 7) is 9.18. The van der Waals surface area contributed by atoms with E-state index in [0.717, 1.165) is 25.4 Å². The predicted molar refractivity (Wildman–Crippen MR) is 74.7 cm³/mol. The lowest BCUT2D eigenvalue weighted by atomic mass is 10.1. The largest absolute Gasteiger partial charge is 0.371 e. The molecule has 1 unspecified atom stereocenters. The number of aryl methyl sites for hydroxylation is 1. The van der Waals surface area contributed by atoms with Crippen LogP contribution < -0.4 is 10.2 Å². The fourth-order valence-corrected chi connectivity index (χ4v) is 2.48.